The topological polar surface area (TPSA) is 94.8 Å². The van der Waals surface area contributed by atoms with Crippen LogP contribution in [0.4, 0.5) is 5.69 Å². The molecule has 0 spiro atoms. The largest absolute Gasteiger partial charge is 0.378 e. The number of hydrogen-bond acceptors (Lipinski definition) is 5. The minimum absolute atomic E-state index is 0.165. The Labute approximate surface area is 163 Å². The predicted octanol–water partition coefficient (Wildman–Crippen LogP) is 3.02. The molecule has 7 nitrogen and oxygen atoms in total. The van der Waals surface area contributed by atoms with Crippen LogP contribution in [-0.4, -0.2) is 28.2 Å². The Kier molecular flexibility index (Phi) is 5.14. The van der Waals surface area contributed by atoms with Crippen LogP contribution >= 0.6 is 0 Å². The van der Waals surface area contributed by atoms with Gasteiger partial charge in [0, 0.05) is 18.2 Å². The predicted molar refractivity (Wildman–Crippen MR) is 104 cm³/mol. The lowest BCUT2D eigenvalue weighted by atomic mass is 10.0. The highest BCUT2D eigenvalue weighted by atomic mass is 16.7. The zero-order valence-corrected chi connectivity index (χ0v) is 15.9. The average Bonchev–Trinajstić information content (AvgIpc) is 2.66. The number of amides is 2. The molecule has 0 aliphatic carbocycles. The molecule has 28 heavy (non-hydrogen) atoms. The number of nitrogens with zero attached hydrogens (tertiary/aromatic N) is 3. The molecule has 7 heteroatoms. The molecule has 0 unspecified atom stereocenters. The maximum Gasteiger partial charge on any atom is 0.275 e. The summed E-state index contributed by atoms with van der Waals surface area (Å²) in [5.74, 6) is -0.0196. The molecule has 1 aliphatic rings. The van der Waals surface area contributed by atoms with Gasteiger partial charge in [-0.25, -0.2) is 0 Å². The maximum absolute atomic E-state index is 13.0. The summed E-state index contributed by atoms with van der Waals surface area (Å²) in [6.07, 6.45) is 0. The van der Waals surface area contributed by atoms with Crippen LogP contribution in [-0.2, 0) is 21.0 Å². The Bertz CT molecular complexity index is 987. The fourth-order valence-electron chi connectivity index (χ4n) is 2.85. The molecule has 142 valence electrons. The second-order valence-electron chi connectivity index (χ2n) is 6.98. The Morgan fingerprint density at radius 2 is 1.96 bits per heavy atom. The van der Waals surface area contributed by atoms with Gasteiger partial charge < -0.3 is 10.2 Å². The van der Waals surface area contributed by atoms with Crippen molar-refractivity contribution in [3.63, 3.8) is 0 Å². The Hall–Kier alpha value is -3.66. The third kappa shape index (κ3) is 4.01. The number of nitriles is 1. The molecule has 2 aromatic rings. The summed E-state index contributed by atoms with van der Waals surface area (Å²) in [4.78, 5) is 31.2. The first-order valence-electron chi connectivity index (χ1n) is 8.75. The van der Waals surface area contributed by atoms with E-state index in [9.17, 15) is 9.59 Å². The molecule has 1 aliphatic heterocycles. The van der Waals surface area contributed by atoms with Gasteiger partial charge in [0.25, 0.3) is 5.91 Å². The smallest absolute Gasteiger partial charge is 0.275 e. The number of nitrogens with one attached hydrogen (secondary N) is 1. The van der Waals surface area contributed by atoms with Gasteiger partial charge in [0.2, 0.25) is 11.5 Å². The van der Waals surface area contributed by atoms with Crippen LogP contribution in [0.2, 0.25) is 0 Å². The van der Waals surface area contributed by atoms with Crippen molar-refractivity contribution in [1.29, 1.82) is 5.26 Å². The average molecular weight is 376 g/mol. The van der Waals surface area contributed by atoms with E-state index in [1.54, 1.807) is 61.2 Å². The van der Waals surface area contributed by atoms with Gasteiger partial charge in [0.05, 0.1) is 18.2 Å². The molecule has 2 aromatic carbocycles. The molecule has 3 rings (SSSR count). The van der Waals surface area contributed by atoms with Crippen molar-refractivity contribution in [2.45, 2.75) is 32.9 Å². The Morgan fingerprint density at radius 3 is 2.61 bits per heavy atom. The minimum Gasteiger partial charge on any atom is -0.378 e. The first-order chi connectivity index (χ1) is 13.3. The molecule has 2 amide bonds. The van der Waals surface area contributed by atoms with Crippen LogP contribution in [0, 0.1) is 11.3 Å². The highest BCUT2D eigenvalue weighted by Crippen LogP contribution is 2.25. The molecule has 0 saturated carbocycles. The number of anilines is 1. The van der Waals surface area contributed by atoms with Gasteiger partial charge in [0.1, 0.15) is 0 Å². The monoisotopic (exact) mass is 376 g/mol. The maximum atomic E-state index is 13.0. The van der Waals surface area contributed by atoms with Gasteiger partial charge >= 0.3 is 0 Å². The second kappa shape index (κ2) is 7.53. The first kappa shape index (κ1) is 19.1. The van der Waals surface area contributed by atoms with E-state index in [0.717, 1.165) is 5.56 Å². The van der Waals surface area contributed by atoms with Gasteiger partial charge in [-0.05, 0) is 55.8 Å². The van der Waals surface area contributed by atoms with Crippen molar-refractivity contribution in [1.82, 2.24) is 4.90 Å². The fourth-order valence-corrected chi connectivity index (χ4v) is 2.85. The number of benzene rings is 2. The van der Waals surface area contributed by atoms with Crippen molar-refractivity contribution in [3.8, 4) is 6.07 Å². The van der Waals surface area contributed by atoms with Crippen molar-refractivity contribution >= 4 is 23.3 Å². The highest BCUT2D eigenvalue weighted by Gasteiger charge is 2.41. The number of amidine groups is 1. The molecular formula is C21H20N4O3. The molecule has 0 saturated heterocycles. The van der Waals surface area contributed by atoms with Crippen LogP contribution in [0.1, 0.15) is 37.5 Å². The van der Waals surface area contributed by atoms with E-state index in [1.807, 2.05) is 6.07 Å². The lowest BCUT2D eigenvalue weighted by Crippen LogP contribution is -2.52. The number of oxime groups is 1. The van der Waals surface area contributed by atoms with Gasteiger partial charge in [-0.1, -0.05) is 17.3 Å². The summed E-state index contributed by atoms with van der Waals surface area (Å²) in [7, 11) is 0. The van der Waals surface area contributed by atoms with E-state index in [-0.39, 0.29) is 18.4 Å². The SMILES string of the molecule is CC(=O)Nc1ccc(C2=NOC(C)(C)C(=O)N2Cc2cccc(C#N)c2)cc1. The van der Waals surface area contributed by atoms with E-state index >= 15 is 0 Å². The van der Waals surface area contributed by atoms with Crippen molar-refractivity contribution in [3.05, 3.63) is 65.2 Å². The van der Waals surface area contributed by atoms with E-state index in [0.29, 0.717) is 22.6 Å². The van der Waals surface area contributed by atoms with E-state index in [2.05, 4.69) is 16.5 Å². The number of carbonyl (C=O) groups excluding carboxylic acids is 2. The van der Waals surface area contributed by atoms with Gasteiger partial charge in [-0.3, -0.25) is 14.5 Å². The molecule has 0 bridgehead atoms. The lowest BCUT2D eigenvalue weighted by Gasteiger charge is -2.35. The number of rotatable bonds is 4. The number of hydrogen-bond donors (Lipinski definition) is 1. The summed E-state index contributed by atoms with van der Waals surface area (Å²) < 4.78 is 0. The Morgan fingerprint density at radius 1 is 1.25 bits per heavy atom. The number of carbonyl (C=O) groups is 2. The summed E-state index contributed by atoms with van der Waals surface area (Å²) in [6, 6.07) is 16.2. The summed E-state index contributed by atoms with van der Waals surface area (Å²) >= 11 is 0. The third-order valence-corrected chi connectivity index (χ3v) is 4.24. The molecule has 0 radical (unpaired) electrons. The summed E-state index contributed by atoms with van der Waals surface area (Å²) in [5, 5.41) is 16.0. The van der Waals surface area contributed by atoms with Gasteiger partial charge in [0.15, 0.2) is 5.84 Å². The molecule has 0 atom stereocenters. The summed E-state index contributed by atoms with van der Waals surface area (Å²) in [5.41, 5.74) is 1.57. The van der Waals surface area contributed by atoms with Crippen LogP contribution in [0.5, 0.6) is 0 Å². The molecule has 1 N–H and O–H groups in total. The van der Waals surface area contributed by atoms with Crippen LogP contribution < -0.4 is 5.32 Å². The lowest BCUT2D eigenvalue weighted by molar-refractivity contribution is -0.154. The van der Waals surface area contributed by atoms with Gasteiger partial charge in [-0.15, -0.1) is 0 Å². The first-order valence-corrected chi connectivity index (χ1v) is 8.75. The van der Waals surface area contributed by atoms with Crippen molar-refractivity contribution < 1.29 is 14.4 Å². The van der Waals surface area contributed by atoms with Crippen molar-refractivity contribution in [2.24, 2.45) is 5.16 Å². The Balaban J connectivity index is 1.95. The van der Waals surface area contributed by atoms with Crippen molar-refractivity contribution in [2.75, 3.05) is 5.32 Å². The van der Waals surface area contributed by atoms with Crippen LogP contribution in [0.3, 0.4) is 0 Å². The van der Waals surface area contributed by atoms with E-state index < -0.39 is 5.60 Å². The second-order valence-corrected chi connectivity index (χ2v) is 6.98. The molecule has 0 fully saturated rings. The third-order valence-electron chi connectivity index (χ3n) is 4.24. The fraction of sp³-hybridized carbons (Fsp3) is 0.238. The zero-order chi connectivity index (χ0) is 20.3. The van der Waals surface area contributed by atoms with Crippen LogP contribution in [0.15, 0.2) is 53.7 Å². The normalized spacial score (nSPS) is 15.3. The van der Waals surface area contributed by atoms with E-state index in [1.165, 1.54) is 6.92 Å². The molecule has 0 aromatic heterocycles. The zero-order valence-electron chi connectivity index (χ0n) is 15.9. The van der Waals surface area contributed by atoms with E-state index in [4.69, 9.17) is 10.1 Å². The summed E-state index contributed by atoms with van der Waals surface area (Å²) in [6.45, 7) is 5.01. The molecular weight excluding hydrogens is 356 g/mol. The van der Waals surface area contributed by atoms with Gasteiger partial charge in [-0.2, -0.15) is 5.26 Å². The minimum atomic E-state index is -1.09. The van der Waals surface area contributed by atoms with Crippen LogP contribution in [0.25, 0.3) is 0 Å². The standard InChI is InChI=1S/C21H20N4O3/c1-14(26)23-18-9-7-17(8-10-18)19-24-28-21(2,3)20(27)25(19)13-16-6-4-5-15(11-16)12-22/h4-11H,13H2,1-3H3,(H,23,26). The molecule has 1 heterocycles. The quantitative estimate of drug-likeness (QED) is 0.887. The highest BCUT2D eigenvalue weighted by molar-refractivity contribution is 6.10.